The fraction of sp³-hybridized carbons (Fsp3) is 0.222. The Morgan fingerprint density at radius 2 is 1.66 bits per heavy atom. The maximum absolute atomic E-state index is 12.1. The number of esters is 1. The molecule has 0 bridgehead atoms. The molecule has 166 valence electrons. The molecule has 0 aromatic heterocycles. The summed E-state index contributed by atoms with van der Waals surface area (Å²) in [4.78, 5) is 12.1. The van der Waals surface area contributed by atoms with Gasteiger partial charge >= 0.3 is 5.97 Å². The van der Waals surface area contributed by atoms with Gasteiger partial charge in [-0.3, -0.25) is 4.79 Å². The van der Waals surface area contributed by atoms with E-state index in [1.54, 1.807) is 0 Å². The van der Waals surface area contributed by atoms with E-state index >= 15 is 0 Å². The molecule has 3 rings (SSSR count). The number of benzene rings is 3. The molecule has 1 unspecified atom stereocenters. The second-order valence-electron chi connectivity index (χ2n) is 7.43. The van der Waals surface area contributed by atoms with Gasteiger partial charge in [0.2, 0.25) is 0 Å². The van der Waals surface area contributed by atoms with Gasteiger partial charge in [0.05, 0.1) is 12.5 Å². The van der Waals surface area contributed by atoms with E-state index in [-0.39, 0.29) is 11.9 Å². The zero-order valence-electron chi connectivity index (χ0n) is 18.4. The Balaban J connectivity index is 1.79. The molecule has 0 radical (unpaired) electrons. The van der Waals surface area contributed by atoms with E-state index in [1.807, 2.05) is 63.2 Å². The van der Waals surface area contributed by atoms with Gasteiger partial charge in [0.1, 0.15) is 12.4 Å². The van der Waals surface area contributed by atoms with E-state index in [0.717, 1.165) is 33.6 Å². The summed E-state index contributed by atoms with van der Waals surface area (Å²) in [5.74, 6) is 0.246. The van der Waals surface area contributed by atoms with Crippen molar-refractivity contribution in [2.24, 2.45) is 0 Å². The molecule has 3 nitrogen and oxygen atoms in total. The van der Waals surface area contributed by atoms with Crippen molar-refractivity contribution in [3.8, 4) is 5.75 Å². The van der Waals surface area contributed by atoms with Crippen LogP contribution in [0.3, 0.4) is 0 Å². The highest BCUT2D eigenvalue weighted by Gasteiger charge is 2.18. The minimum absolute atomic E-state index is 0.211. The second kappa shape index (κ2) is 11.5. The Bertz CT molecular complexity index is 1040. The van der Waals surface area contributed by atoms with E-state index < -0.39 is 0 Å². The van der Waals surface area contributed by atoms with Gasteiger partial charge in [-0.05, 0) is 114 Å². The summed E-state index contributed by atoms with van der Waals surface area (Å²) in [7, 11) is 0. The van der Waals surface area contributed by atoms with Crippen molar-refractivity contribution in [1.29, 1.82) is 0 Å². The van der Waals surface area contributed by atoms with Crippen molar-refractivity contribution >= 4 is 45.7 Å². The van der Waals surface area contributed by atoms with Crippen molar-refractivity contribution in [3.63, 3.8) is 0 Å². The van der Waals surface area contributed by atoms with Crippen LogP contribution in [0.1, 0.15) is 42.0 Å². The van der Waals surface area contributed by atoms with E-state index in [4.69, 9.17) is 21.1 Å². The molecule has 3 aromatic rings. The standard InChI is InChI=1S/C27H26ClIO3/c1-4-31-27(30)19(3)25-14-13-24(17-18(25)2)32-16-15-26(20-5-9-22(28)10-6-20)21-7-11-23(29)12-8-21/h5-15,17,19H,4,16H2,1-3H3/b26-15-. The van der Waals surface area contributed by atoms with Gasteiger partial charge in [-0.2, -0.15) is 0 Å². The first-order chi connectivity index (χ1) is 15.4. The monoisotopic (exact) mass is 560 g/mol. The van der Waals surface area contributed by atoms with E-state index in [0.29, 0.717) is 18.2 Å². The van der Waals surface area contributed by atoms with Crippen LogP contribution in [0.25, 0.3) is 5.57 Å². The predicted molar refractivity (Wildman–Crippen MR) is 139 cm³/mol. The molecule has 0 aliphatic rings. The van der Waals surface area contributed by atoms with Crippen molar-refractivity contribution < 1.29 is 14.3 Å². The summed E-state index contributed by atoms with van der Waals surface area (Å²) in [5.41, 5.74) is 5.23. The number of hydrogen-bond acceptors (Lipinski definition) is 3. The molecule has 0 heterocycles. The van der Waals surface area contributed by atoms with Crippen molar-refractivity contribution in [1.82, 2.24) is 0 Å². The summed E-state index contributed by atoms with van der Waals surface area (Å²) in [6, 6.07) is 22.0. The highest BCUT2D eigenvalue weighted by molar-refractivity contribution is 14.1. The normalized spacial score (nSPS) is 12.3. The lowest BCUT2D eigenvalue weighted by atomic mass is 9.96. The van der Waals surface area contributed by atoms with Gasteiger partial charge in [0.25, 0.3) is 0 Å². The average Bonchev–Trinajstić information content (AvgIpc) is 2.78. The number of aryl methyl sites for hydroxylation is 1. The minimum atomic E-state index is -0.304. The van der Waals surface area contributed by atoms with E-state index in [1.165, 1.54) is 3.57 Å². The van der Waals surface area contributed by atoms with Crippen molar-refractivity contribution in [3.05, 3.63) is 104 Å². The smallest absolute Gasteiger partial charge is 0.313 e. The molecule has 32 heavy (non-hydrogen) atoms. The third-order valence-electron chi connectivity index (χ3n) is 5.20. The maximum atomic E-state index is 12.1. The van der Waals surface area contributed by atoms with Gasteiger partial charge in [-0.15, -0.1) is 0 Å². The number of carbonyl (C=O) groups excluding carboxylic acids is 1. The van der Waals surface area contributed by atoms with Crippen LogP contribution in [0.4, 0.5) is 0 Å². The molecule has 0 aliphatic heterocycles. The highest BCUT2D eigenvalue weighted by atomic mass is 127. The first kappa shape index (κ1) is 24.3. The Kier molecular flexibility index (Phi) is 8.76. The molecule has 3 aromatic carbocycles. The Hall–Kier alpha value is -2.31. The number of halogens is 2. The first-order valence-electron chi connectivity index (χ1n) is 10.5. The number of ether oxygens (including phenoxy) is 2. The number of hydrogen-bond donors (Lipinski definition) is 0. The molecular formula is C27H26ClIO3. The molecule has 0 aliphatic carbocycles. The third kappa shape index (κ3) is 6.36. The van der Waals surface area contributed by atoms with Crippen LogP contribution >= 0.6 is 34.2 Å². The van der Waals surface area contributed by atoms with Crippen LogP contribution in [0.2, 0.25) is 5.02 Å². The second-order valence-corrected chi connectivity index (χ2v) is 9.12. The lowest BCUT2D eigenvalue weighted by Crippen LogP contribution is -2.14. The first-order valence-corrected chi connectivity index (χ1v) is 12.0. The summed E-state index contributed by atoms with van der Waals surface area (Å²) in [5, 5.41) is 0.708. The van der Waals surface area contributed by atoms with Crippen LogP contribution in [-0.4, -0.2) is 19.2 Å². The Labute approximate surface area is 208 Å². The molecule has 0 fully saturated rings. The van der Waals surface area contributed by atoms with Gasteiger partial charge in [0, 0.05) is 8.59 Å². The van der Waals surface area contributed by atoms with Crippen LogP contribution in [0.15, 0.2) is 72.8 Å². The van der Waals surface area contributed by atoms with Crippen LogP contribution < -0.4 is 4.74 Å². The summed E-state index contributed by atoms with van der Waals surface area (Å²) < 4.78 is 12.4. The fourth-order valence-electron chi connectivity index (χ4n) is 3.50. The molecule has 5 heteroatoms. The highest BCUT2D eigenvalue weighted by Crippen LogP contribution is 2.27. The molecule has 0 saturated carbocycles. The van der Waals surface area contributed by atoms with Gasteiger partial charge < -0.3 is 9.47 Å². The fourth-order valence-corrected chi connectivity index (χ4v) is 3.99. The molecular weight excluding hydrogens is 535 g/mol. The largest absolute Gasteiger partial charge is 0.490 e. The van der Waals surface area contributed by atoms with Gasteiger partial charge in [0.15, 0.2) is 0 Å². The Morgan fingerprint density at radius 1 is 1.03 bits per heavy atom. The van der Waals surface area contributed by atoms with E-state index in [9.17, 15) is 4.79 Å². The minimum Gasteiger partial charge on any atom is -0.490 e. The third-order valence-corrected chi connectivity index (χ3v) is 6.17. The molecule has 0 saturated heterocycles. The number of carbonyl (C=O) groups is 1. The zero-order valence-corrected chi connectivity index (χ0v) is 21.3. The SMILES string of the molecule is CCOC(=O)C(C)c1ccc(OC/C=C(/c2ccc(Cl)cc2)c2ccc(I)cc2)cc1C. The Morgan fingerprint density at radius 3 is 2.25 bits per heavy atom. The van der Waals surface area contributed by atoms with E-state index in [2.05, 4.69) is 52.9 Å². The average molecular weight is 561 g/mol. The molecule has 1 atom stereocenters. The van der Waals surface area contributed by atoms with Crippen molar-refractivity contribution in [2.45, 2.75) is 26.7 Å². The number of rotatable bonds is 8. The molecule has 0 spiro atoms. The van der Waals surface area contributed by atoms with Gasteiger partial charge in [-0.1, -0.05) is 41.9 Å². The lowest BCUT2D eigenvalue weighted by Gasteiger charge is -2.15. The molecule has 0 N–H and O–H groups in total. The summed E-state index contributed by atoms with van der Waals surface area (Å²) >= 11 is 8.38. The zero-order chi connectivity index (χ0) is 23.1. The van der Waals surface area contributed by atoms with Crippen molar-refractivity contribution in [2.75, 3.05) is 13.2 Å². The predicted octanol–water partition coefficient (Wildman–Crippen LogP) is 7.43. The van der Waals surface area contributed by atoms with Crippen LogP contribution in [0.5, 0.6) is 5.75 Å². The quantitative estimate of drug-likeness (QED) is 0.212. The maximum Gasteiger partial charge on any atom is 0.313 e. The molecule has 0 amide bonds. The van der Waals surface area contributed by atoms with Gasteiger partial charge in [-0.25, -0.2) is 0 Å². The van der Waals surface area contributed by atoms with Crippen LogP contribution in [-0.2, 0) is 9.53 Å². The topological polar surface area (TPSA) is 35.5 Å². The van der Waals surface area contributed by atoms with Crippen LogP contribution in [0, 0.1) is 10.5 Å². The summed E-state index contributed by atoms with van der Waals surface area (Å²) in [6.45, 7) is 6.46. The summed E-state index contributed by atoms with van der Waals surface area (Å²) in [6.07, 6.45) is 2.08. The lowest BCUT2D eigenvalue weighted by molar-refractivity contribution is -0.144.